The largest absolute Gasteiger partial charge is 0.478 e. The van der Waals surface area contributed by atoms with Crippen LogP contribution in [0.4, 0.5) is 8.78 Å². The SMILES string of the molecule is O=C(O)c1c[c]cc(OC(F)F)c1. The summed E-state index contributed by atoms with van der Waals surface area (Å²) < 4.78 is 27.3. The maximum absolute atomic E-state index is 11.7. The Kier molecular flexibility index (Phi) is 2.79. The molecule has 3 nitrogen and oxygen atoms in total. The minimum Gasteiger partial charge on any atom is -0.478 e. The number of ether oxygens (including phenoxy) is 1. The molecule has 1 rings (SSSR count). The van der Waals surface area contributed by atoms with E-state index >= 15 is 0 Å². The van der Waals surface area contributed by atoms with Crippen LogP contribution in [0.15, 0.2) is 18.2 Å². The monoisotopic (exact) mass is 187 g/mol. The van der Waals surface area contributed by atoms with Gasteiger partial charge in [-0.3, -0.25) is 0 Å². The van der Waals surface area contributed by atoms with Gasteiger partial charge in [0.05, 0.1) is 5.56 Å². The van der Waals surface area contributed by atoms with Crippen LogP contribution in [-0.2, 0) is 0 Å². The van der Waals surface area contributed by atoms with Crippen LogP contribution in [0, 0.1) is 6.07 Å². The molecular weight excluding hydrogens is 182 g/mol. The number of aromatic carboxylic acids is 1. The number of carboxylic acids is 1. The van der Waals surface area contributed by atoms with Gasteiger partial charge < -0.3 is 9.84 Å². The Labute approximate surface area is 72.6 Å². The standard InChI is InChI=1S/C8H5F2O3/c9-8(10)13-6-3-1-2-5(4-6)7(11)12/h2-4,8H,(H,11,12). The van der Waals surface area contributed by atoms with Crippen molar-refractivity contribution in [2.24, 2.45) is 0 Å². The summed E-state index contributed by atoms with van der Waals surface area (Å²) in [6, 6.07) is 5.69. The fourth-order valence-corrected chi connectivity index (χ4v) is 0.745. The van der Waals surface area contributed by atoms with E-state index in [1.165, 1.54) is 6.07 Å². The molecule has 1 aromatic carbocycles. The van der Waals surface area contributed by atoms with Gasteiger partial charge in [-0.05, 0) is 24.3 Å². The van der Waals surface area contributed by atoms with E-state index in [4.69, 9.17) is 5.11 Å². The number of hydrogen-bond acceptors (Lipinski definition) is 2. The molecule has 0 aliphatic rings. The summed E-state index contributed by atoms with van der Waals surface area (Å²) in [4.78, 5) is 10.4. The number of halogens is 2. The lowest BCUT2D eigenvalue weighted by atomic mass is 10.2. The minimum absolute atomic E-state index is 0.141. The van der Waals surface area contributed by atoms with Crippen LogP contribution in [0.25, 0.3) is 0 Å². The molecule has 1 radical (unpaired) electrons. The summed E-state index contributed by atoms with van der Waals surface area (Å²) in [7, 11) is 0. The molecule has 0 spiro atoms. The van der Waals surface area contributed by atoms with Gasteiger partial charge in [0.2, 0.25) is 0 Å². The first-order valence-corrected chi connectivity index (χ1v) is 3.29. The Hall–Kier alpha value is -1.65. The maximum Gasteiger partial charge on any atom is 0.387 e. The van der Waals surface area contributed by atoms with Crippen LogP contribution in [0.5, 0.6) is 5.75 Å². The van der Waals surface area contributed by atoms with Gasteiger partial charge in [0.1, 0.15) is 5.75 Å². The highest BCUT2D eigenvalue weighted by Crippen LogP contribution is 2.15. The summed E-state index contributed by atoms with van der Waals surface area (Å²) in [6.07, 6.45) is 0. The van der Waals surface area contributed by atoms with E-state index < -0.39 is 12.6 Å². The van der Waals surface area contributed by atoms with Crippen molar-refractivity contribution in [1.29, 1.82) is 0 Å². The second kappa shape index (κ2) is 3.84. The first-order chi connectivity index (χ1) is 6.09. The van der Waals surface area contributed by atoms with Gasteiger partial charge in [-0.15, -0.1) is 0 Å². The molecule has 1 aromatic rings. The quantitative estimate of drug-likeness (QED) is 0.784. The molecule has 0 atom stereocenters. The van der Waals surface area contributed by atoms with Crippen LogP contribution in [0.3, 0.4) is 0 Å². The zero-order valence-corrected chi connectivity index (χ0v) is 6.33. The van der Waals surface area contributed by atoms with E-state index in [1.807, 2.05) is 0 Å². The molecule has 0 aliphatic heterocycles. The number of rotatable bonds is 3. The van der Waals surface area contributed by atoms with Crippen molar-refractivity contribution in [2.75, 3.05) is 0 Å². The molecular formula is C8H5F2O3. The molecule has 0 fully saturated rings. The summed E-state index contributed by atoms with van der Waals surface area (Å²) in [5, 5.41) is 8.48. The molecule has 1 N–H and O–H groups in total. The van der Waals surface area contributed by atoms with E-state index in [9.17, 15) is 13.6 Å². The average Bonchev–Trinajstić information content (AvgIpc) is 2.03. The van der Waals surface area contributed by atoms with Crippen LogP contribution < -0.4 is 4.74 Å². The molecule has 0 heterocycles. The average molecular weight is 187 g/mol. The Bertz CT molecular complexity index is 312. The topological polar surface area (TPSA) is 46.5 Å². The second-order valence-corrected chi connectivity index (χ2v) is 2.14. The zero-order valence-electron chi connectivity index (χ0n) is 6.33. The normalized spacial score (nSPS) is 10.1. The van der Waals surface area contributed by atoms with Crippen LogP contribution in [-0.4, -0.2) is 17.7 Å². The summed E-state index contributed by atoms with van der Waals surface area (Å²) in [5.74, 6) is -1.43. The molecule has 0 aliphatic carbocycles. The Morgan fingerprint density at radius 1 is 1.54 bits per heavy atom. The van der Waals surface area contributed by atoms with Gasteiger partial charge in [-0.2, -0.15) is 8.78 Å². The summed E-state index contributed by atoms with van der Waals surface area (Å²) in [6.45, 7) is -2.96. The summed E-state index contributed by atoms with van der Waals surface area (Å²) in [5.41, 5.74) is -0.141. The third kappa shape index (κ3) is 2.70. The predicted octanol–water partition coefficient (Wildman–Crippen LogP) is 1.79. The van der Waals surface area contributed by atoms with Gasteiger partial charge in [0, 0.05) is 0 Å². The number of alkyl halides is 2. The number of hydrogen-bond donors (Lipinski definition) is 1. The van der Waals surface area contributed by atoms with Gasteiger partial charge in [-0.1, -0.05) is 0 Å². The lowest BCUT2D eigenvalue weighted by molar-refractivity contribution is -0.0499. The Morgan fingerprint density at radius 3 is 2.77 bits per heavy atom. The Morgan fingerprint density at radius 2 is 2.23 bits per heavy atom. The fourth-order valence-electron chi connectivity index (χ4n) is 0.745. The molecule has 0 saturated heterocycles. The van der Waals surface area contributed by atoms with Gasteiger partial charge in [0.25, 0.3) is 0 Å². The van der Waals surface area contributed by atoms with E-state index in [1.54, 1.807) is 0 Å². The predicted molar refractivity (Wildman–Crippen MR) is 38.9 cm³/mol. The van der Waals surface area contributed by atoms with Crippen molar-refractivity contribution in [3.8, 4) is 5.75 Å². The molecule has 0 aromatic heterocycles. The minimum atomic E-state index is -2.96. The lowest BCUT2D eigenvalue weighted by Crippen LogP contribution is -2.03. The highest BCUT2D eigenvalue weighted by Gasteiger charge is 2.07. The number of carbonyl (C=O) groups is 1. The zero-order chi connectivity index (χ0) is 9.84. The van der Waals surface area contributed by atoms with Crippen LogP contribution in [0.1, 0.15) is 10.4 Å². The van der Waals surface area contributed by atoms with E-state index in [0.29, 0.717) is 0 Å². The first kappa shape index (κ1) is 9.44. The Balaban J connectivity index is 2.85. The third-order valence-electron chi connectivity index (χ3n) is 1.23. The highest BCUT2D eigenvalue weighted by molar-refractivity contribution is 5.87. The molecule has 0 unspecified atom stereocenters. The van der Waals surface area contributed by atoms with Crippen molar-refractivity contribution in [1.82, 2.24) is 0 Å². The number of benzene rings is 1. The lowest BCUT2D eigenvalue weighted by Gasteiger charge is -2.03. The molecule has 0 bridgehead atoms. The van der Waals surface area contributed by atoms with E-state index in [-0.39, 0.29) is 11.3 Å². The van der Waals surface area contributed by atoms with Gasteiger partial charge in [0.15, 0.2) is 0 Å². The van der Waals surface area contributed by atoms with E-state index in [2.05, 4.69) is 10.8 Å². The third-order valence-corrected chi connectivity index (χ3v) is 1.23. The van der Waals surface area contributed by atoms with Crippen molar-refractivity contribution >= 4 is 5.97 Å². The van der Waals surface area contributed by atoms with E-state index in [0.717, 1.165) is 12.1 Å². The first-order valence-electron chi connectivity index (χ1n) is 3.29. The molecule has 5 heteroatoms. The molecule has 69 valence electrons. The maximum atomic E-state index is 11.7. The fraction of sp³-hybridized carbons (Fsp3) is 0.125. The highest BCUT2D eigenvalue weighted by atomic mass is 19.3. The molecule has 13 heavy (non-hydrogen) atoms. The smallest absolute Gasteiger partial charge is 0.387 e. The summed E-state index contributed by atoms with van der Waals surface area (Å²) >= 11 is 0. The number of carboxylic acid groups (broad SMARTS) is 1. The van der Waals surface area contributed by atoms with Crippen molar-refractivity contribution < 1.29 is 23.4 Å². The molecule has 0 saturated carbocycles. The second-order valence-electron chi connectivity index (χ2n) is 2.14. The van der Waals surface area contributed by atoms with Crippen LogP contribution >= 0.6 is 0 Å². The van der Waals surface area contributed by atoms with Gasteiger partial charge >= 0.3 is 12.6 Å². The van der Waals surface area contributed by atoms with Crippen LogP contribution in [0.2, 0.25) is 0 Å². The van der Waals surface area contributed by atoms with Crippen molar-refractivity contribution in [3.63, 3.8) is 0 Å². The molecule has 0 amide bonds. The van der Waals surface area contributed by atoms with Crippen molar-refractivity contribution in [2.45, 2.75) is 6.61 Å². The van der Waals surface area contributed by atoms with Gasteiger partial charge in [-0.25, -0.2) is 4.79 Å². The van der Waals surface area contributed by atoms with Crippen molar-refractivity contribution in [3.05, 3.63) is 29.8 Å².